The molecular weight excluding hydrogens is 251 g/mol. The number of ether oxygens (including phenoxy) is 1. The summed E-state index contributed by atoms with van der Waals surface area (Å²) in [5, 5.41) is 2.44. The van der Waals surface area contributed by atoms with Gasteiger partial charge in [0, 0.05) is 6.42 Å². The molecule has 0 aromatic rings. The van der Waals surface area contributed by atoms with Gasteiger partial charge >= 0.3 is 6.09 Å². The first-order valence-corrected chi connectivity index (χ1v) is 6.16. The predicted molar refractivity (Wildman–Crippen MR) is 71.0 cm³/mol. The van der Waals surface area contributed by atoms with Crippen LogP contribution in [0, 0.1) is 5.92 Å². The quantitative estimate of drug-likeness (QED) is 0.806. The van der Waals surface area contributed by atoms with Crippen molar-refractivity contribution in [2.24, 2.45) is 11.7 Å². The van der Waals surface area contributed by atoms with E-state index < -0.39 is 29.5 Å². The highest BCUT2D eigenvalue weighted by atomic mass is 19.1. The first-order chi connectivity index (χ1) is 8.53. The Balaban J connectivity index is 4.71. The van der Waals surface area contributed by atoms with Crippen LogP contribution in [-0.2, 0) is 9.53 Å². The second-order valence-electron chi connectivity index (χ2n) is 5.63. The van der Waals surface area contributed by atoms with Gasteiger partial charge in [-0.05, 0) is 32.8 Å². The van der Waals surface area contributed by atoms with Gasteiger partial charge < -0.3 is 15.8 Å². The van der Waals surface area contributed by atoms with Gasteiger partial charge in [0.2, 0.25) is 5.91 Å². The molecule has 3 N–H and O–H groups in total. The van der Waals surface area contributed by atoms with E-state index in [1.807, 2.05) is 0 Å². The van der Waals surface area contributed by atoms with Crippen molar-refractivity contribution >= 4 is 12.0 Å². The number of alkyl carbamates (subject to hydrolysis) is 1. The number of rotatable bonds is 5. The van der Waals surface area contributed by atoms with Crippen LogP contribution in [0.1, 0.15) is 41.0 Å². The maximum atomic E-state index is 13.9. The summed E-state index contributed by atoms with van der Waals surface area (Å²) >= 11 is 0. The van der Waals surface area contributed by atoms with Crippen LogP contribution >= 0.6 is 0 Å². The fourth-order valence-electron chi connectivity index (χ4n) is 1.31. The molecule has 2 amide bonds. The van der Waals surface area contributed by atoms with Crippen LogP contribution in [0.25, 0.3) is 0 Å². The third kappa shape index (κ3) is 8.18. The topological polar surface area (TPSA) is 81.4 Å². The molecule has 0 heterocycles. The highest BCUT2D eigenvalue weighted by molar-refractivity contribution is 5.75. The van der Waals surface area contributed by atoms with Crippen molar-refractivity contribution in [1.29, 1.82) is 0 Å². The Morgan fingerprint density at radius 3 is 2.26 bits per heavy atom. The van der Waals surface area contributed by atoms with E-state index in [4.69, 9.17) is 10.5 Å². The molecule has 0 saturated heterocycles. The number of nitrogens with two attached hydrogens (primary N) is 1. The minimum atomic E-state index is -0.839. The zero-order valence-electron chi connectivity index (χ0n) is 12.1. The fourth-order valence-corrected chi connectivity index (χ4v) is 1.31. The smallest absolute Gasteiger partial charge is 0.408 e. The van der Waals surface area contributed by atoms with Crippen LogP contribution in [0.15, 0.2) is 11.9 Å². The minimum Gasteiger partial charge on any atom is -0.444 e. The number of hydrogen-bond donors (Lipinski definition) is 2. The van der Waals surface area contributed by atoms with E-state index in [9.17, 15) is 14.0 Å². The van der Waals surface area contributed by atoms with E-state index in [1.54, 1.807) is 34.6 Å². The highest BCUT2D eigenvalue weighted by Gasteiger charge is 2.24. The third-order valence-electron chi connectivity index (χ3n) is 2.13. The summed E-state index contributed by atoms with van der Waals surface area (Å²) in [6, 6.07) is -0.839. The zero-order valence-corrected chi connectivity index (χ0v) is 12.1. The van der Waals surface area contributed by atoms with Gasteiger partial charge in [0.25, 0.3) is 0 Å². The monoisotopic (exact) mass is 274 g/mol. The summed E-state index contributed by atoms with van der Waals surface area (Å²) in [4.78, 5) is 22.2. The first-order valence-electron chi connectivity index (χ1n) is 6.16. The van der Waals surface area contributed by atoms with E-state index in [-0.39, 0.29) is 12.3 Å². The molecule has 110 valence electrons. The lowest BCUT2D eigenvalue weighted by Gasteiger charge is -2.24. The average Bonchev–Trinajstić information content (AvgIpc) is 2.19. The predicted octanol–water partition coefficient (Wildman–Crippen LogP) is 2.26. The largest absolute Gasteiger partial charge is 0.444 e. The summed E-state index contributed by atoms with van der Waals surface area (Å²) < 4.78 is 18.9. The summed E-state index contributed by atoms with van der Waals surface area (Å²) in [5.74, 6) is -1.41. The molecule has 0 saturated carbocycles. The second-order valence-corrected chi connectivity index (χ2v) is 5.63. The second kappa shape index (κ2) is 7.11. The summed E-state index contributed by atoms with van der Waals surface area (Å²) in [7, 11) is 0. The molecule has 0 aliphatic rings. The summed E-state index contributed by atoms with van der Waals surface area (Å²) in [6.07, 6.45) is 0.170. The number of primary amides is 1. The number of hydrogen-bond acceptors (Lipinski definition) is 3. The van der Waals surface area contributed by atoms with E-state index in [2.05, 4.69) is 5.32 Å². The molecule has 0 fully saturated rings. The molecule has 0 unspecified atom stereocenters. The van der Waals surface area contributed by atoms with Crippen LogP contribution in [0.5, 0.6) is 0 Å². The standard InChI is InChI=1S/C13H23FN2O3/c1-8(2)11(9(14)6-7-10(15)17)16-12(18)19-13(3,4)5/h6,8,11H,7H2,1-5H3,(H2,15,17)(H,16,18)/b9-6-/t11-/m0/s1. The zero-order chi connectivity index (χ0) is 15.2. The normalized spacial score (nSPS) is 14.2. The molecule has 1 atom stereocenters. The average molecular weight is 274 g/mol. The highest BCUT2D eigenvalue weighted by Crippen LogP contribution is 2.16. The lowest BCUT2D eigenvalue weighted by Crippen LogP contribution is -2.42. The number of halogens is 1. The molecule has 6 heteroatoms. The van der Waals surface area contributed by atoms with E-state index in [1.165, 1.54) is 0 Å². The molecule has 5 nitrogen and oxygen atoms in total. The minimum absolute atomic E-state index is 0.184. The van der Waals surface area contributed by atoms with Gasteiger partial charge in [0.15, 0.2) is 0 Å². The van der Waals surface area contributed by atoms with Gasteiger partial charge in [-0.2, -0.15) is 0 Å². The Morgan fingerprint density at radius 2 is 1.89 bits per heavy atom. The molecule has 0 rings (SSSR count). The van der Waals surface area contributed by atoms with Gasteiger partial charge in [-0.3, -0.25) is 4.79 Å². The molecule has 0 aromatic carbocycles. The van der Waals surface area contributed by atoms with Crippen molar-refractivity contribution in [2.45, 2.75) is 52.7 Å². The van der Waals surface area contributed by atoms with Gasteiger partial charge in [0.05, 0.1) is 6.04 Å². The first kappa shape index (κ1) is 17.4. The van der Waals surface area contributed by atoms with Crippen molar-refractivity contribution in [3.8, 4) is 0 Å². The Bertz CT molecular complexity index is 359. The van der Waals surface area contributed by atoms with E-state index >= 15 is 0 Å². The van der Waals surface area contributed by atoms with Gasteiger partial charge in [-0.1, -0.05) is 13.8 Å². The fraction of sp³-hybridized carbons (Fsp3) is 0.692. The van der Waals surface area contributed by atoms with Crippen LogP contribution in [0.2, 0.25) is 0 Å². The Hall–Kier alpha value is -1.59. The van der Waals surface area contributed by atoms with Crippen molar-refractivity contribution in [3.63, 3.8) is 0 Å². The van der Waals surface area contributed by atoms with Crippen molar-refractivity contribution < 1.29 is 18.7 Å². The maximum Gasteiger partial charge on any atom is 0.408 e. The Morgan fingerprint density at radius 1 is 1.37 bits per heavy atom. The summed E-state index contributed by atoms with van der Waals surface area (Å²) in [5.41, 5.74) is 4.29. The van der Waals surface area contributed by atoms with Crippen LogP contribution in [-0.4, -0.2) is 23.6 Å². The van der Waals surface area contributed by atoms with Gasteiger partial charge in [-0.25, -0.2) is 9.18 Å². The molecule has 0 spiro atoms. The van der Waals surface area contributed by atoms with Gasteiger partial charge in [0.1, 0.15) is 11.4 Å². The van der Waals surface area contributed by atoms with Gasteiger partial charge in [-0.15, -0.1) is 0 Å². The lowest BCUT2D eigenvalue weighted by molar-refractivity contribution is -0.117. The lowest BCUT2D eigenvalue weighted by atomic mass is 10.0. The number of amides is 2. The van der Waals surface area contributed by atoms with Crippen molar-refractivity contribution in [1.82, 2.24) is 5.32 Å². The maximum absolute atomic E-state index is 13.9. The number of carbonyl (C=O) groups is 2. The molecule has 0 radical (unpaired) electrons. The van der Waals surface area contributed by atoms with E-state index in [0.717, 1.165) is 6.08 Å². The molecule has 0 bridgehead atoms. The number of carbonyl (C=O) groups excluding carboxylic acids is 2. The van der Waals surface area contributed by atoms with E-state index in [0.29, 0.717) is 0 Å². The molecule has 0 aromatic heterocycles. The number of nitrogens with one attached hydrogen (secondary N) is 1. The Labute approximate surface area is 113 Å². The van der Waals surface area contributed by atoms with Crippen LogP contribution in [0.4, 0.5) is 9.18 Å². The van der Waals surface area contributed by atoms with Crippen LogP contribution in [0.3, 0.4) is 0 Å². The van der Waals surface area contributed by atoms with Crippen molar-refractivity contribution in [3.05, 3.63) is 11.9 Å². The van der Waals surface area contributed by atoms with Crippen LogP contribution < -0.4 is 11.1 Å². The molecule has 0 aliphatic heterocycles. The summed E-state index contributed by atoms with van der Waals surface area (Å²) in [6.45, 7) is 8.65. The molecule has 19 heavy (non-hydrogen) atoms. The Kier molecular flexibility index (Phi) is 6.52. The third-order valence-corrected chi connectivity index (χ3v) is 2.13. The molecular formula is C13H23FN2O3. The van der Waals surface area contributed by atoms with Crippen molar-refractivity contribution in [2.75, 3.05) is 0 Å². The molecule has 0 aliphatic carbocycles. The SMILES string of the molecule is CC(C)[C@H](NC(=O)OC(C)(C)C)/C(F)=C/CC(N)=O.